The molecular weight excluding hydrogens is 196 g/mol. The Morgan fingerprint density at radius 3 is 2.56 bits per heavy atom. The van der Waals surface area contributed by atoms with E-state index in [4.69, 9.17) is 0 Å². The number of fused-ring (bicyclic) bond motifs is 1. The largest absolute Gasteiger partial charge is 0.300 e. The van der Waals surface area contributed by atoms with E-state index in [1.165, 1.54) is 18.4 Å². The van der Waals surface area contributed by atoms with Gasteiger partial charge in [0.1, 0.15) is 5.78 Å². The molecule has 0 aromatic rings. The van der Waals surface area contributed by atoms with Crippen molar-refractivity contribution in [1.82, 2.24) is 0 Å². The van der Waals surface area contributed by atoms with Crippen LogP contribution < -0.4 is 0 Å². The van der Waals surface area contributed by atoms with Crippen LogP contribution in [0.4, 0.5) is 0 Å². The summed E-state index contributed by atoms with van der Waals surface area (Å²) in [6, 6.07) is 0. The third-order valence-corrected chi connectivity index (χ3v) is 4.97. The van der Waals surface area contributed by atoms with Crippen LogP contribution in [0.25, 0.3) is 0 Å². The molecule has 2 saturated carbocycles. The quantitative estimate of drug-likeness (QED) is 0.611. The highest BCUT2D eigenvalue weighted by atomic mass is 16.1. The third-order valence-electron chi connectivity index (χ3n) is 4.97. The summed E-state index contributed by atoms with van der Waals surface area (Å²) in [4.78, 5) is 11.5. The minimum Gasteiger partial charge on any atom is -0.300 e. The Morgan fingerprint density at radius 2 is 2.00 bits per heavy atom. The SMILES string of the molecule is C=C1CCC(C(C)=O)CC[C@@H]2[C@@H]1CC2(C)C. The molecule has 0 aromatic carbocycles. The molecule has 0 amide bonds. The van der Waals surface area contributed by atoms with Crippen molar-refractivity contribution in [3.8, 4) is 0 Å². The van der Waals surface area contributed by atoms with Gasteiger partial charge in [-0.3, -0.25) is 4.79 Å². The van der Waals surface area contributed by atoms with Gasteiger partial charge in [-0.2, -0.15) is 0 Å². The average molecular weight is 220 g/mol. The topological polar surface area (TPSA) is 17.1 Å². The summed E-state index contributed by atoms with van der Waals surface area (Å²) in [7, 11) is 0. The molecule has 2 fully saturated rings. The first-order valence-corrected chi connectivity index (χ1v) is 6.60. The van der Waals surface area contributed by atoms with Gasteiger partial charge in [0.15, 0.2) is 0 Å². The normalized spacial score (nSPS) is 37.9. The second-order valence-corrected chi connectivity index (χ2v) is 6.49. The Morgan fingerprint density at radius 1 is 1.31 bits per heavy atom. The predicted octanol–water partition coefficient (Wildman–Crippen LogP) is 3.98. The lowest BCUT2D eigenvalue weighted by molar-refractivity contribution is -0.122. The van der Waals surface area contributed by atoms with E-state index in [-0.39, 0.29) is 0 Å². The van der Waals surface area contributed by atoms with Crippen LogP contribution in [-0.4, -0.2) is 5.78 Å². The molecular formula is C15H24O. The van der Waals surface area contributed by atoms with Gasteiger partial charge in [0, 0.05) is 5.92 Å². The Bertz CT molecular complexity index is 313. The lowest BCUT2D eigenvalue weighted by Crippen LogP contribution is -2.45. The lowest BCUT2D eigenvalue weighted by Gasteiger charge is -2.54. The molecule has 0 spiro atoms. The first-order chi connectivity index (χ1) is 7.42. The highest BCUT2D eigenvalue weighted by Gasteiger charge is 2.48. The van der Waals surface area contributed by atoms with Gasteiger partial charge in [0.05, 0.1) is 0 Å². The van der Waals surface area contributed by atoms with Crippen molar-refractivity contribution in [3.05, 3.63) is 12.2 Å². The average Bonchev–Trinajstić information content (AvgIpc) is 2.16. The minimum absolute atomic E-state index is 0.300. The number of carbonyl (C=O) groups is 1. The second kappa shape index (κ2) is 4.01. The summed E-state index contributed by atoms with van der Waals surface area (Å²) in [5.74, 6) is 2.21. The fraction of sp³-hybridized carbons (Fsp3) is 0.800. The molecule has 2 rings (SSSR count). The smallest absolute Gasteiger partial charge is 0.132 e. The highest BCUT2D eigenvalue weighted by Crippen LogP contribution is 2.57. The Labute approximate surface area is 99.3 Å². The van der Waals surface area contributed by atoms with Gasteiger partial charge < -0.3 is 0 Å². The van der Waals surface area contributed by atoms with E-state index in [1.807, 2.05) is 0 Å². The first-order valence-electron chi connectivity index (χ1n) is 6.60. The molecule has 16 heavy (non-hydrogen) atoms. The molecule has 0 saturated heterocycles. The molecule has 1 heteroatoms. The number of Topliss-reactive ketones (excluding diaryl/α,β-unsaturated/α-hetero) is 1. The second-order valence-electron chi connectivity index (χ2n) is 6.49. The fourth-order valence-electron chi connectivity index (χ4n) is 3.74. The highest BCUT2D eigenvalue weighted by molar-refractivity contribution is 5.78. The molecule has 3 atom stereocenters. The van der Waals surface area contributed by atoms with Crippen LogP contribution in [0.15, 0.2) is 12.2 Å². The van der Waals surface area contributed by atoms with Crippen molar-refractivity contribution < 1.29 is 4.79 Å². The number of hydrogen-bond acceptors (Lipinski definition) is 1. The van der Waals surface area contributed by atoms with Gasteiger partial charge in [-0.15, -0.1) is 0 Å². The van der Waals surface area contributed by atoms with Gasteiger partial charge in [0.2, 0.25) is 0 Å². The zero-order valence-corrected chi connectivity index (χ0v) is 10.9. The third kappa shape index (κ3) is 1.97. The first kappa shape index (κ1) is 11.9. The van der Waals surface area contributed by atoms with Crippen molar-refractivity contribution >= 4 is 5.78 Å². The zero-order valence-electron chi connectivity index (χ0n) is 10.9. The Kier molecular flexibility index (Phi) is 2.98. The van der Waals surface area contributed by atoms with E-state index < -0.39 is 0 Å². The maximum Gasteiger partial charge on any atom is 0.132 e. The number of allylic oxidation sites excluding steroid dienone is 1. The Balaban J connectivity index is 2.07. The van der Waals surface area contributed by atoms with E-state index in [0.717, 1.165) is 31.1 Å². The fourth-order valence-corrected chi connectivity index (χ4v) is 3.74. The van der Waals surface area contributed by atoms with Crippen molar-refractivity contribution in [2.75, 3.05) is 0 Å². The lowest BCUT2D eigenvalue weighted by atomic mass is 9.51. The molecule has 0 heterocycles. The summed E-state index contributed by atoms with van der Waals surface area (Å²) in [6.07, 6.45) is 5.74. The molecule has 0 bridgehead atoms. The van der Waals surface area contributed by atoms with Crippen molar-refractivity contribution in [2.45, 2.75) is 52.9 Å². The molecule has 0 N–H and O–H groups in total. The number of hydrogen-bond donors (Lipinski definition) is 0. The van der Waals surface area contributed by atoms with E-state index in [9.17, 15) is 4.79 Å². The molecule has 1 nitrogen and oxygen atoms in total. The van der Waals surface area contributed by atoms with Gasteiger partial charge >= 0.3 is 0 Å². The van der Waals surface area contributed by atoms with Crippen LogP contribution in [0, 0.1) is 23.2 Å². The molecule has 1 unspecified atom stereocenters. The molecule has 2 aliphatic carbocycles. The summed E-state index contributed by atoms with van der Waals surface area (Å²) in [6.45, 7) is 10.7. The maximum absolute atomic E-state index is 11.5. The Hall–Kier alpha value is -0.590. The van der Waals surface area contributed by atoms with Gasteiger partial charge in [-0.25, -0.2) is 0 Å². The minimum atomic E-state index is 0.300. The van der Waals surface area contributed by atoms with Crippen molar-refractivity contribution in [2.24, 2.45) is 23.2 Å². The van der Waals surface area contributed by atoms with Crippen LogP contribution in [0.2, 0.25) is 0 Å². The molecule has 0 radical (unpaired) electrons. The number of rotatable bonds is 1. The van der Waals surface area contributed by atoms with E-state index in [2.05, 4.69) is 20.4 Å². The number of carbonyl (C=O) groups excluding carboxylic acids is 1. The van der Waals surface area contributed by atoms with Crippen molar-refractivity contribution in [1.29, 1.82) is 0 Å². The van der Waals surface area contributed by atoms with Gasteiger partial charge in [0.25, 0.3) is 0 Å². The van der Waals surface area contributed by atoms with Crippen LogP contribution in [0.3, 0.4) is 0 Å². The van der Waals surface area contributed by atoms with Gasteiger partial charge in [-0.05, 0) is 56.3 Å². The molecule has 90 valence electrons. The van der Waals surface area contributed by atoms with E-state index >= 15 is 0 Å². The van der Waals surface area contributed by atoms with Crippen LogP contribution >= 0.6 is 0 Å². The number of ketones is 1. The summed E-state index contributed by atoms with van der Waals surface area (Å²) >= 11 is 0. The predicted molar refractivity (Wildman–Crippen MR) is 67.2 cm³/mol. The van der Waals surface area contributed by atoms with Crippen molar-refractivity contribution in [3.63, 3.8) is 0 Å². The summed E-state index contributed by atoms with van der Waals surface area (Å²) in [5.41, 5.74) is 1.89. The molecule has 0 aromatic heterocycles. The summed E-state index contributed by atoms with van der Waals surface area (Å²) < 4.78 is 0. The van der Waals surface area contributed by atoms with E-state index in [0.29, 0.717) is 17.1 Å². The zero-order chi connectivity index (χ0) is 11.9. The van der Waals surface area contributed by atoms with Gasteiger partial charge in [-0.1, -0.05) is 26.0 Å². The van der Waals surface area contributed by atoms with Crippen LogP contribution in [0.1, 0.15) is 52.9 Å². The van der Waals surface area contributed by atoms with E-state index in [1.54, 1.807) is 6.92 Å². The van der Waals surface area contributed by atoms with Crippen LogP contribution in [-0.2, 0) is 4.79 Å². The maximum atomic E-state index is 11.5. The monoisotopic (exact) mass is 220 g/mol. The summed E-state index contributed by atoms with van der Waals surface area (Å²) in [5, 5.41) is 0. The standard InChI is InChI=1S/C15H24O/c1-10-5-6-12(11(2)16)7-8-14-13(10)9-15(14,3)4/h12-14H,1,5-9H2,2-4H3/t12?,13-,14-/m1/s1. The van der Waals surface area contributed by atoms with Crippen LogP contribution in [0.5, 0.6) is 0 Å². The molecule has 0 aliphatic heterocycles. The molecule has 2 aliphatic rings.